The largest absolute Gasteiger partial charge is 0.494 e. The normalized spacial score (nSPS) is 10.8. The van der Waals surface area contributed by atoms with E-state index >= 15 is 0 Å². The van der Waals surface area contributed by atoms with Crippen molar-refractivity contribution >= 4 is 23.4 Å². The van der Waals surface area contributed by atoms with Crippen molar-refractivity contribution < 1.29 is 10.2 Å². The molecular weight excluding hydrogens is 322 g/mol. The maximum atomic E-state index is 10.4. The van der Waals surface area contributed by atoms with Gasteiger partial charge in [0, 0.05) is 23.5 Å². The van der Waals surface area contributed by atoms with Gasteiger partial charge in [0.2, 0.25) is 5.88 Å². The highest BCUT2D eigenvalue weighted by Gasteiger charge is 2.18. The third-order valence-corrected chi connectivity index (χ3v) is 4.23. The van der Waals surface area contributed by atoms with Gasteiger partial charge in [-0.15, -0.1) is 0 Å². The van der Waals surface area contributed by atoms with E-state index < -0.39 is 0 Å². The topological polar surface area (TPSA) is 71.2 Å². The summed E-state index contributed by atoms with van der Waals surface area (Å²) in [7, 11) is 0. The predicted octanol–water partition coefficient (Wildman–Crippen LogP) is 3.79. The molecule has 0 amide bonds. The van der Waals surface area contributed by atoms with Crippen LogP contribution in [-0.2, 0) is 0 Å². The van der Waals surface area contributed by atoms with Gasteiger partial charge >= 0.3 is 0 Å². The van der Waals surface area contributed by atoms with Gasteiger partial charge in [-0.1, -0.05) is 17.7 Å². The molecule has 0 atom stereocenters. The van der Waals surface area contributed by atoms with E-state index in [1.807, 2.05) is 13.0 Å². The molecule has 0 bridgehead atoms. The van der Waals surface area contributed by atoms with Gasteiger partial charge < -0.3 is 10.2 Å². The Hall–Kier alpha value is -2.18. The standard InChI is InChI=1S/C15H12ClN3O2S/c1-9-3-4-10(16)7-11(9)19-13(20)8-12(14(19)21)22-15-17-5-2-6-18-15/h2-8,20-21H,1H3. The van der Waals surface area contributed by atoms with Gasteiger partial charge in [-0.25, -0.2) is 9.97 Å². The highest BCUT2D eigenvalue weighted by Crippen LogP contribution is 2.40. The maximum Gasteiger partial charge on any atom is 0.213 e. The number of halogens is 1. The van der Waals surface area contributed by atoms with Crippen LogP contribution in [0.4, 0.5) is 0 Å². The van der Waals surface area contributed by atoms with Crippen molar-refractivity contribution in [1.29, 1.82) is 0 Å². The molecule has 0 unspecified atom stereocenters. The van der Waals surface area contributed by atoms with Gasteiger partial charge in [0.15, 0.2) is 11.0 Å². The third kappa shape index (κ3) is 2.75. The Kier molecular flexibility index (Phi) is 3.96. The molecule has 22 heavy (non-hydrogen) atoms. The molecule has 7 heteroatoms. The van der Waals surface area contributed by atoms with E-state index in [0.29, 0.717) is 20.8 Å². The van der Waals surface area contributed by atoms with Crippen molar-refractivity contribution in [2.75, 3.05) is 0 Å². The first kappa shape index (κ1) is 14.7. The molecule has 0 aliphatic carbocycles. The first-order chi connectivity index (χ1) is 10.6. The summed E-state index contributed by atoms with van der Waals surface area (Å²) in [5.41, 5.74) is 1.49. The van der Waals surface area contributed by atoms with Gasteiger partial charge in [-0.2, -0.15) is 0 Å². The van der Waals surface area contributed by atoms with Crippen LogP contribution in [0.2, 0.25) is 5.02 Å². The van der Waals surface area contributed by atoms with Gasteiger partial charge in [0.05, 0.1) is 10.6 Å². The van der Waals surface area contributed by atoms with E-state index in [1.54, 1.807) is 30.6 Å². The van der Waals surface area contributed by atoms with Crippen LogP contribution in [0, 0.1) is 6.92 Å². The van der Waals surface area contributed by atoms with Crippen LogP contribution >= 0.6 is 23.4 Å². The zero-order chi connectivity index (χ0) is 15.7. The maximum absolute atomic E-state index is 10.4. The van der Waals surface area contributed by atoms with E-state index in [9.17, 15) is 10.2 Å². The molecule has 0 saturated carbocycles. The Morgan fingerprint density at radius 3 is 2.59 bits per heavy atom. The van der Waals surface area contributed by atoms with E-state index in [0.717, 1.165) is 5.56 Å². The number of aryl methyl sites for hydroxylation is 1. The summed E-state index contributed by atoms with van der Waals surface area (Å²) in [6.07, 6.45) is 3.23. The molecule has 3 rings (SSSR count). The second-order valence-electron chi connectivity index (χ2n) is 4.59. The zero-order valence-corrected chi connectivity index (χ0v) is 13.1. The van der Waals surface area contributed by atoms with Crippen LogP contribution in [0.15, 0.2) is 52.8 Å². The van der Waals surface area contributed by atoms with Gasteiger partial charge in [-0.3, -0.25) is 4.57 Å². The van der Waals surface area contributed by atoms with E-state index in [-0.39, 0.29) is 11.8 Å². The summed E-state index contributed by atoms with van der Waals surface area (Å²) < 4.78 is 1.34. The number of hydrogen-bond donors (Lipinski definition) is 2. The first-order valence-electron chi connectivity index (χ1n) is 6.41. The molecule has 0 aliphatic heterocycles. The fourth-order valence-corrected chi connectivity index (χ4v) is 2.97. The average molecular weight is 334 g/mol. The molecule has 5 nitrogen and oxygen atoms in total. The zero-order valence-electron chi connectivity index (χ0n) is 11.6. The highest BCUT2D eigenvalue weighted by molar-refractivity contribution is 7.99. The van der Waals surface area contributed by atoms with Crippen molar-refractivity contribution in [3.63, 3.8) is 0 Å². The molecule has 0 radical (unpaired) electrons. The summed E-state index contributed by atoms with van der Waals surface area (Å²) in [6, 6.07) is 8.44. The van der Waals surface area contributed by atoms with Gasteiger partial charge in [0.1, 0.15) is 0 Å². The van der Waals surface area contributed by atoms with Crippen molar-refractivity contribution in [3.05, 3.63) is 53.3 Å². The van der Waals surface area contributed by atoms with Gasteiger partial charge in [0.25, 0.3) is 0 Å². The summed E-state index contributed by atoms with van der Waals surface area (Å²) in [6.45, 7) is 1.87. The first-order valence-corrected chi connectivity index (χ1v) is 7.61. The second kappa shape index (κ2) is 5.90. The number of benzene rings is 1. The lowest BCUT2D eigenvalue weighted by atomic mass is 10.2. The second-order valence-corrected chi connectivity index (χ2v) is 6.04. The molecule has 0 aliphatic rings. The van der Waals surface area contributed by atoms with Gasteiger partial charge in [-0.05, 0) is 42.4 Å². The molecule has 2 N–H and O–H groups in total. The molecule has 0 fully saturated rings. The fraction of sp³-hybridized carbons (Fsp3) is 0.0667. The number of aromatic nitrogens is 3. The quantitative estimate of drug-likeness (QED) is 0.713. The van der Waals surface area contributed by atoms with E-state index in [4.69, 9.17) is 11.6 Å². The number of rotatable bonds is 3. The lowest BCUT2D eigenvalue weighted by molar-refractivity contribution is 0.398. The number of nitrogens with zero attached hydrogens (tertiary/aromatic N) is 3. The minimum Gasteiger partial charge on any atom is -0.494 e. The third-order valence-electron chi connectivity index (χ3n) is 3.08. The van der Waals surface area contributed by atoms with Crippen LogP contribution in [0.3, 0.4) is 0 Å². The summed E-state index contributed by atoms with van der Waals surface area (Å²) in [5.74, 6) is -0.165. The number of aromatic hydroxyl groups is 2. The molecule has 2 aromatic heterocycles. The Bertz CT molecular complexity index is 821. The van der Waals surface area contributed by atoms with Crippen LogP contribution in [0.1, 0.15) is 5.56 Å². The van der Waals surface area contributed by atoms with Crippen molar-refractivity contribution in [1.82, 2.24) is 14.5 Å². The van der Waals surface area contributed by atoms with E-state index in [1.165, 1.54) is 22.4 Å². The molecule has 1 aromatic carbocycles. The summed E-state index contributed by atoms with van der Waals surface area (Å²) >= 11 is 7.17. The fourth-order valence-electron chi connectivity index (χ4n) is 2.04. The lowest BCUT2D eigenvalue weighted by Crippen LogP contribution is -1.96. The number of hydrogen-bond acceptors (Lipinski definition) is 5. The molecule has 0 saturated heterocycles. The van der Waals surface area contributed by atoms with Crippen LogP contribution in [0.25, 0.3) is 5.69 Å². The average Bonchev–Trinajstić information content (AvgIpc) is 2.77. The van der Waals surface area contributed by atoms with Crippen LogP contribution in [0.5, 0.6) is 11.8 Å². The van der Waals surface area contributed by atoms with Crippen molar-refractivity contribution in [2.24, 2.45) is 0 Å². The Balaban J connectivity index is 2.05. The Morgan fingerprint density at radius 2 is 1.86 bits per heavy atom. The Morgan fingerprint density at radius 1 is 1.14 bits per heavy atom. The predicted molar refractivity (Wildman–Crippen MR) is 85.0 cm³/mol. The molecule has 112 valence electrons. The summed E-state index contributed by atoms with van der Waals surface area (Å²) in [4.78, 5) is 8.64. The molecule has 0 spiro atoms. The van der Waals surface area contributed by atoms with Crippen molar-refractivity contribution in [2.45, 2.75) is 17.0 Å². The van der Waals surface area contributed by atoms with E-state index in [2.05, 4.69) is 9.97 Å². The van der Waals surface area contributed by atoms with Crippen molar-refractivity contribution in [3.8, 4) is 17.4 Å². The molecule has 3 aromatic rings. The molecular formula is C15H12ClN3O2S. The Labute approximate surface area is 136 Å². The van der Waals surface area contributed by atoms with Crippen LogP contribution in [-0.4, -0.2) is 24.7 Å². The molecule has 2 heterocycles. The van der Waals surface area contributed by atoms with Crippen LogP contribution < -0.4 is 0 Å². The highest BCUT2D eigenvalue weighted by atomic mass is 35.5. The summed E-state index contributed by atoms with van der Waals surface area (Å²) in [5, 5.41) is 21.6. The lowest BCUT2D eigenvalue weighted by Gasteiger charge is -2.10. The minimum absolute atomic E-state index is 0.0821. The monoisotopic (exact) mass is 333 g/mol. The smallest absolute Gasteiger partial charge is 0.213 e. The minimum atomic E-state index is -0.0830. The SMILES string of the molecule is Cc1ccc(Cl)cc1-n1c(O)cc(Sc2ncccn2)c1O.